The Labute approximate surface area is 97.0 Å². The Hall–Kier alpha value is -1.55. The minimum atomic E-state index is -4.31. The van der Waals surface area contributed by atoms with E-state index in [0.717, 1.165) is 5.39 Å². The predicted octanol–water partition coefficient (Wildman–Crippen LogP) is 3.44. The number of halogens is 3. The van der Waals surface area contributed by atoms with E-state index in [4.69, 9.17) is 5.73 Å². The molecule has 0 saturated carbocycles. The number of hydrogen-bond acceptors (Lipinski definition) is 1. The maximum absolute atomic E-state index is 12.9. The molecule has 0 aromatic heterocycles. The molecule has 1 atom stereocenters. The summed E-state index contributed by atoms with van der Waals surface area (Å²) in [5.41, 5.74) is 5.51. The van der Waals surface area contributed by atoms with Crippen LogP contribution in [0.15, 0.2) is 42.5 Å². The summed E-state index contributed by atoms with van der Waals surface area (Å²) >= 11 is 0. The third-order valence-electron chi connectivity index (χ3n) is 2.83. The van der Waals surface area contributed by atoms with Gasteiger partial charge in [-0.15, -0.1) is 0 Å². The van der Waals surface area contributed by atoms with Crippen molar-refractivity contribution in [1.82, 2.24) is 0 Å². The van der Waals surface area contributed by atoms with Gasteiger partial charge in [-0.2, -0.15) is 13.2 Å². The average molecular weight is 239 g/mol. The molecule has 2 N–H and O–H groups in total. The third kappa shape index (κ3) is 2.26. The lowest BCUT2D eigenvalue weighted by molar-refractivity contribution is -0.147. The normalized spacial score (nSPS) is 13.9. The Balaban J connectivity index is 2.62. The highest BCUT2D eigenvalue weighted by atomic mass is 19.4. The average Bonchev–Trinajstić information content (AvgIpc) is 2.28. The van der Waals surface area contributed by atoms with Crippen LogP contribution >= 0.6 is 0 Å². The second-order valence-corrected chi connectivity index (χ2v) is 3.90. The molecule has 17 heavy (non-hydrogen) atoms. The van der Waals surface area contributed by atoms with Crippen molar-refractivity contribution < 1.29 is 13.2 Å². The van der Waals surface area contributed by atoms with Crippen molar-refractivity contribution in [2.24, 2.45) is 5.73 Å². The van der Waals surface area contributed by atoms with E-state index >= 15 is 0 Å². The largest absolute Gasteiger partial charge is 0.396 e. The number of benzene rings is 2. The monoisotopic (exact) mass is 239 g/mol. The van der Waals surface area contributed by atoms with Crippen LogP contribution < -0.4 is 5.73 Å². The highest BCUT2D eigenvalue weighted by Gasteiger charge is 2.40. The van der Waals surface area contributed by atoms with Crippen LogP contribution in [0.2, 0.25) is 0 Å². The molecule has 1 nitrogen and oxygen atoms in total. The maximum atomic E-state index is 12.9. The zero-order chi connectivity index (χ0) is 12.5. The Morgan fingerprint density at radius 3 is 2.29 bits per heavy atom. The summed E-state index contributed by atoms with van der Waals surface area (Å²) in [5.74, 6) is -1.60. The zero-order valence-corrected chi connectivity index (χ0v) is 9.04. The van der Waals surface area contributed by atoms with Gasteiger partial charge in [0.1, 0.15) is 0 Å². The topological polar surface area (TPSA) is 26.0 Å². The first-order valence-corrected chi connectivity index (χ1v) is 5.28. The van der Waals surface area contributed by atoms with Crippen LogP contribution in [0, 0.1) is 0 Å². The lowest BCUT2D eigenvalue weighted by Crippen LogP contribution is -2.28. The highest BCUT2D eigenvalue weighted by Crippen LogP contribution is 2.37. The molecule has 2 aromatic rings. The Morgan fingerprint density at radius 1 is 1.00 bits per heavy atom. The van der Waals surface area contributed by atoms with Crippen LogP contribution in [0.5, 0.6) is 0 Å². The number of rotatable bonds is 2. The van der Waals surface area contributed by atoms with Gasteiger partial charge in [0, 0.05) is 6.54 Å². The van der Waals surface area contributed by atoms with E-state index in [1.54, 1.807) is 36.4 Å². The van der Waals surface area contributed by atoms with E-state index in [2.05, 4.69) is 0 Å². The van der Waals surface area contributed by atoms with Crippen molar-refractivity contribution in [3.63, 3.8) is 0 Å². The van der Waals surface area contributed by atoms with Gasteiger partial charge in [0.05, 0.1) is 5.92 Å². The molecule has 1 unspecified atom stereocenters. The molecule has 90 valence electrons. The van der Waals surface area contributed by atoms with Crippen molar-refractivity contribution in [3.05, 3.63) is 48.0 Å². The summed E-state index contributed by atoms with van der Waals surface area (Å²) in [4.78, 5) is 0. The van der Waals surface area contributed by atoms with E-state index in [1.807, 2.05) is 0 Å². The van der Waals surface area contributed by atoms with Crippen LogP contribution in [0.25, 0.3) is 10.8 Å². The molecule has 0 fully saturated rings. The highest BCUT2D eigenvalue weighted by molar-refractivity contribution is 5.86. The molecular formula is C13H12F3N. The van der Waals surface area contributed by atoms with Gasteiger partial charge in [-0.05, 0) is 16.3 Å². The molecule has 0 heterocycles. The van der Waals surface area contributed by atoms with Gasteiger partial charge >= 0.3 is 6.18 Å². The Kier molecular flexibility index (Phi) is 3.07. The molecular weight excluding hydrogens is 227 g/mol. The van der Waals surface area contributed by atoms with Crippen molar-refractivity contribution in [3.8, 4) is 0 Å². The summed E-state index contributed by atoms with van der Waals surface area (Å²) < 4.78 is 38.6. The molecule has 0 saturated heterocycles. The van der Waals surface area contributed by atoms with Crippen LogP contribution in [-0.4, -0.2) is 12.7 Å². The SMILES string of the molecule is NCC(c1cccc2ccccc12)C(F)(F)F. The second-order valence-electron chi connectivity index (χ2n) is 3.90. The van der Waals surface area contributed by atoms with E-state index in [0.29, 0.717) is 5.39 Å². The molecule has 0 radical (unpaired) electrons. The second kappa shape index (κ2) is 4.37. The van der Waals surface area contributed by atoms with Gasteiger partial charge in [-0.25, -0.2) is 0 Å². The predicted molar refractivity (Wildman–Crippen MR) is 61.8 cm³/mol. The summed E-state index contributed by atoms with van der Waals surface area (Å²) in [6.45, 7) is -0.433. The lowest BCUT2D eigenvalue weighted by Gasteiger charge is -2.20. The van der Waals surface area contributed by atoms with Crippen LogP contribution in [0.4, 0.5) is 13.2 Å². The standard InChI is InChI=1S/C13H12F3N/c14-13(15,16)12(8-17)11-7-3-5-9-4-1-2-6-10(9)11/h1-7,12H,8,17H2. The molecule has 0 bridgehead atoms. The summed E-state index contributed by atoms with van der Waals surface area (Å²) in [5, 5.41) is 1.41. The molecule has 0 aliphatic heterocycles. The quantitative estimate of drug-likeness (QED) is 0.853. The van der Waals surface area contributed by atoms with Crippen LogP contribution in [0.3, 0.4) is 0 Å². The van der Waals surface area contributed by atoms with E-state index in [1.165, 1.54) is 6.07 Å². The molecule has 0 amide bonds. The van der Waals surface area contributed by atoms with Crippen molar-refractivity contribution in [2.75, 3.05) is 6.54 Å². The zero-order valence-electron chi connectivity index (χ0n) is 9.04. The Morgan fingerprint density at radius 2 is 1.65 bits per heavy atom. The van der Waals surface area contributed by atoms with Crippen molar-refractivity contribution in [2.45, 2.75) is 12.1 Å². The van der Waals surface area contributed by atoms with Gasteiger partial charge in [0.2, 0.25) is 0 Å². The lowest BCUT2D eigenvalue weighted by atomic mass is 9.93. The first-order valence-electron chi connectivity index (χ1n) is 5.28. The van der Waals surface area contributed by atoms with Gasteiger partial charge in [-0.1, -0.05) is 42.5 Å². The van der Waals surface area contributed by atoms with Gasteiger partial charge < -0.3 is 5.73 Å². The number of nitrogens with two attached hydrogens (primary N) is 1. The van der Waals surface area contributed by atoms with Crippen molar-refractivity contribution in [1.29, 1.82) is 0 Å². The van der Waals surface area contributed by atoms with Gasteiger partial charge in [0.25, 0.3) is 0 Å². The van der Waals surface area contributed by atoms with Crippen LogP contribution in [-0.2, 0) is 0 Å². The van der Waals surface area contributed by atoms with Crippen LogP contribution in [0.1, 0.15) is 11.5 Å². The smallest absolute Gasteiger partial charge is 0.330 e. The molecule has 4 heteroatoms. The first-order chi connectivity index (χ1) is 8.04. The van der Waals surface area contributed by atoms with E-state index < -0.39 is 18.6 Å². The molecule has 0 aliphatic rings. The number of fused-ring (bicyclic) bond motifs is 1. The first kappa shape index (κ1) is 11.9. The molecule has 2 rings (SSSR count). The third-order valence-corrected chi connectivity index (χ3v) is 2.83. The van der Waals surface area contributed by atoms with Gasteiger partial charge in [0.15, 0.2) is 0 Å². The summed E-state index contributed by atoms with van der Waals surface area (Å²) in [6, 6.07) is 11.9. The molecule has 0 aliphatic carbocycles. The number of hydrogen-bond donors (Lipinski definition) is 1. The molecule has 0 spiro atoms. The fourth-order valence-electron chi connectivity index (χ4n) is 1.99. The minimum Gasteiger partial charge on any atom is -0.330 e. The fraction of sp³-hybridized carbons (Fsp3) is 0.231. The maximum Gasteiger partial charge on any atom is 0.396 e. The minimum absolute atomic E-state index is 0.248. The Bertz CT molecular complexity index is 514. The summed E-state index contributed by atoms with van der Waals surface area (Å²) in [6.07, 6.45) is -4.31. The molecule has 2 aromatic carbocycles. The van der Waals surface area contributed by atoms with E-state index in [9.17, 15) is 13.2 Å². The van der Waals surface area contributed by atoms with E-state index in [-0.39, 0.29) is 5.56 Å². The van der Waals surface area contributed by atoms with Crippen molar-refractivity contribution >= 4 is 10.8 Å². The fourth-order valence-corrected chi connectivity index (χ4v) is 1.99. The number of alkyl halides is 3. The summed E-state index contributed by atoms with van der Waals surface area (Å²) in [7, 11) is 0. The van der Waals surface area contributed by atoms with Gasteiger partial charge in [-0.3, -0.25) is 0 Å².